The number of carbonyl (C=O) groups is 9. The van der Waals surface area contributed by atoms with Gasteiger partial charge in [-0.25, -0.2) is 4.98 Å². The first-order chi connectivity index (χ1) is 49.3. The second-order valence-corrected chi connectivity index (χ2v) is 33.1. The standard InChI is InChI=1S/2C18H23N3O2.C16H21N3O2.C16H22N2O.C14H19N3O3/c1-11-20(5)15-10-12(18(2,3)4)6-7-13(15)21(11)14-8-9-16(22)19-17(14)23;1-11-20(5)13-7-6-12(18(2,3)4)10-15(13)21(11)14-8-9-16(22)19-17(14)23;1-10-5-7-13(15(21)18-10)19-14(20)12-8-6-11(9-17-12)16(2,3)4;1-11-5-7-13(15(19)18-11)9-12-6-8-14(17-10-12)16(2,3)4;1-8-5-6-9(11(18)16-8)17-12(19)10-7-15-13(20-10)14(2,3)4/h2*6-7,10,14H,1,8-9H2,2-5H3,(H,19,22,23);6,8-9,13H,1,5,7H2,2-4H3,(H,18,21)(H,19,20);6,8,10,13H,1,5,7,9H2,2-4H3,(H,18,19);7,9H,1,5-6H2,2-4H3,(H,16,18)(H,17,19). The van der Waals surface area contributed by atoms with Gasteiger partial charge in [-0.05, 0) is 133 Å². The Bertz CT molecular complexity index is 4270. The fraction of sp³-hybridized carbons (Fsp3) is 0.463. The van der Waals surface area contributed by atoms with E-state index in [1.54, 1.807) is 12.3 Å². The average molecular weight is 1450 g/mol. The van der Waals surface area contributed by atoms with Crippen LogP contribution >= 0.6 is 0 Å². The lowest BCUT2D eigenvalue weighted by atomic mass is 9.86. The highest BCUT2D eigenvalue weighted by Crippen LogP contribution is 2.46. The Morgan fingerprint density at radius 2 is 0.915 bits per heavy atom. The molecular formula is C82H108N14O10. The summed E-state index contributed by atoms with van der Waals surface area (Å²) in [5.41, 5.74) is 12.1. The molecule has 2 aromatic carbocycles. The minimum atomic E-state index is -0.559. The lowest BCUT2D eigenvalue weighted by Crippen LogP contribution is -2.52. The summed E-state index contributed by atoms with van der Waals surface area (Å²) in [7, 11) is 3.91. The number of pyridine rings is 2. The summed E-state index contributed by atoms with van der Waals surface area (Å²) in [6.45, 7) is 51.0. The van der Waals surface area contributed by atoms with Crippen LogP contribution in [0, 0.1) is 5.92 Å². The van der Waals surface area contributed by atoms with Crippen LogP contribution in [-0.2, 0) is 67.1 Å². The van der Waals surface area contributed by atoms with Crippen molar-refractivity contribution in [1.29, 1.82) is 0 Å². The van der Waals surface area contributed by atoms with Gasteiger partial charge >= 0.3 is 0 Å². The molecule has 12 rings (SSSR count). The normalized spacial score (nSPS) is 20.5. The third-order valence-electron chi connectivity index (χ3n) is 19.4. The van der Waals surface area contributed by atoms with Gasteiger partial charge in [0.1, 0.15) is 41.5 Å². The summed E-state index contributed by atoms with van der Waals surface area (Å²) in [4.78, 5) is 128. The molecule has 0 bridgehead atoms. The van der Waals surface area contributed by atoms with Crippen molar-refractivity contribution >= 4 is 75.9 Å². The van der Waals surface area contributed by atoms with Gasteiger partial charge in [-0.3, -0.25) is 63.8 Å². The van der Waals surface area contributed by atoms with Gasteiger partial charge in [0.2, 0.25) is 53.0 Å². The van der Waals surface area contributed by atoms with Gasteiger partial charge in [0.25, 0.3) is 11.8 Å². The maximum atomic E-state index is 12.3. The van der Waals surface area contributed by atoms with E-state index >= 15 is 0 Å². The molecule has 0 spiro atoms. The monoisotopic (exact) mass is 1450 g/mol. The zero-order valence-corrected chi connectivity index (χ0v) is 64.9. The van der Waals surface area contributed by atoms with Crippen molar-refractivity contribution in [1.82, 2.24) is 52.2 Å². The molecule has 24 nitrogen and oxygen atoms in total. The van der Waals surface area contributed by atoms with Crippen LogP contribution in [0.5, 0.6) is 0 Å². The highest BCUT2D eigenvalue weighted by atomic mass is 16.4. The molecule has 0 saturated carbocycles. The van der Waals surface area contributed by atoms with Crippen LogP contribution in [0.25, 0.3) is 0 Å². The summed E-state index contributed by atoms with van der Waals surface area (Å²) in [6.07, 6.45) is 11.7. The summed E-state index contributed by atoms with van der Waals surface area (Å²) < 4.78 is 5.44. The van der Waals surface area contributed by atoms with Crippen molar-refractivity contribution in [2.45, 2.75) is 226 Å². The van der Waals surface area contributed by atoms with Gasteiger partial charge in [0.15, 0.2) is 0 Å². The molecule has 24 heteroatoms. The number of piperidine rings is 5. The first kappa shape index (κ1) is 81.2. The number of allylic oxidation sites excluding steroid dienone is 3. The van der Waals surface area contributed by atoms with Crippen molar-refractivity contribution in [3.05, 3.63) is 186 Å². The smallest absolute Gasteiger partial charge is 0.289 e. The van der Waals surface area contributed by atoms with Gasteiger partial charge in [0.05, 0.1) is 28.9 Å². The number of benzene rings is 2. The summed E-state index contributed by atoms with van der Waals surface area (Å²) >= 11 is 0. The number of nitrogens with one attached hydrogen (secondary N) is 7. The van der Waals surface area contributed by atoms with Crippen LogP contribution in [-0.4, -0.2) is 106 Å². The number of amides is 9. The minimum Gasteiger partial charge on any atom is -0.435 e. The van der Waals surface area contributed by atoms with E-state index in [2.05, 4.69) is 211 Å². The molecule has 5 saturated heterocycles. The van der Waals surface area contributed by atoms with E-state index in [9.17, 15) is 43.2 Å². The first-order valence-electron chi connectivity index (χ1n) is 36.2. The highest BCUT2D eigenvalue weighted by Gasteiger charge is 2.42. The zero-order chi connectivity index (χ0) is 78.5. The number of anilines is 4. The number of oxazole rings is 1. The van der Waals surface area contributed by atoms with Gasteiger partial charge < -0.3 is 50.6 Å². The Kier molecular flexibility index (Phi) is 24.9. The Labute approximate surface area is 624 Å². The fourth-order valence-corrected chi connectivity index (χ4v) is 12.6. The van der Waals surface area contributed by atoms with Crippen LogP contribution in [0.4, 0.5) is 22.7 Å². The molecule has 5 atom stereocenters. The van der Waals surface area contributed by atoms with Crippen molar-refractivity contribution < 1.29 is 47.6 Å². The number of carbonyl (C=O) groups excluding carboxylic acids is 9. The van der Waals surface area contributed by atoms with Gasteiger partial charge in [-0.1, -0.05) is 161 Å². The molecule has 566 valence electrons. The van der Waals surface area contributed by atoms with Crippen molar-refractivity contribution in [3.63, 3.8) is 0 Å². The maximum Gasteiger partial charge on any atom is 0.289 e. The minimum absolute atomic E-state index is 0.00831. The van der Waals surface area contributed by atoms with Gasteiger partial charge in [-0.2, -0.15) is 0 Å². The van der Waals surface area contributed by atoms with Gasteiger partial charge in [0, 0.05) is 78.9 Å². The largest absolute Gasteiger partial charge is 0.435 e. The fourth-order valence-electron chi connectivity index (χ4n) is 12.6. The number of hydrogen-bond donors (Lipinski definition) is 7. The molecule has 0 aliphatic carbocycles. The topological polar surface area (TPSA) is 303 Å². The van der Waals surface area contributed by atoms with E-state index in [4.69, 9.17) is 4.42 Å². The molecule has 5 fully saturated rings. The Morgan fingerprint density at radius 3 is 1.35 bits per heavy atom. The Morgan fingerprint density at radius 1 is 0.453 bits per heavy atom. The summed E-state index contributed by atoms with van der Waals surface area (Å²) in [5, 5.41) is 18.3. The van der Waals surface area contributed by atoms with E-state index in [0.29, 0.717) is 74.3 Å². The maximum absolute atomic E-state index is 12.3. The molecule has 10 heterocycles. The van der Waals surface area contributed by atoms with E-state index < -0.39 is 18.0 Å². The Balaban J connectivity index is 0.000000168. The second-order valence-electron chi connectivity index (χ2n) is 33.1. The van der Waals surface area contributed by atoms with Crippen molar-refractivity contribution in [3.8, 4) is 0 Å². The van der Waals surface area contributed by atoms with Crippen LogP contribution < -0.4 is 56.8 Å². The highest BCUT2D eigenvalue weighted by molar-refractivity contribution is 6.05. The van der Waals surface area contributed by atoms with Crippen LogP contribution in [0.3, 0.4) is 0 Å². The number of fused-ring (bicyclic) bond motifs is 2. The number of imide groups is 2. The van der Waals surface area contributed by atoms with Gasteiger partial charge in [-0.15, -0.1) is 0 Å². The number of rotatable bonds is 8. The van der Waals surface area contributed by atoms with E-state index in [0.717, 1.165) is 76.2 Å². The SMILES string of the molecule is C=C1CCC(Cc2ccc(C(C)(C)C)nc2)C(=O)N1.C=C1CCC(NC(=O)c2ccc(C(C)(C)C)cn2)C(=O)N1.C=C1CCC(NC(=O)c2cnc(C(C)(C)C)o2)C(=O)N1.C=C1N(C)c2cc(C(C)(C)C)ccc2N1C1CCC(=O)NC1=O.C=C1N(C)c2ccc(C(C)(C)C)cc2N1C1CCC(=O)NC1=O. The lowest BCUT2D eigenvalue weighted by molar-refractivity contribution is -0.135. The number of nitrogens with zero attached hydrogens (tertiary/aromatic N) is 7. The number of aromatic nitrogens is 3. The molecular weight excluding hydrogens is 1340 g/mol. The zero-order valence-electron chi connectivity index (χ0n) is 64.9. The molecule has 106 heavy (non-hydrogen) atoms. The molecule has 7 aliphatic rings. The quantitative estimate of drug-likeness (QED) is 0.0710. The predicted molar refractivity (Wildman–Crippen MR) is 413 cm³/mol. The second kappa shape index (κ2) is 32.5. The predicted octanol–water partition coefficient (Wildman–Crippen LogP) is 11.4. The Hall–Kier alpha value is -10.5. The van der Waals surface area contributed by atoms with E-state index in [-0.39, 0.29) is 98.1 Å². The summed E-state index contributed by atoms with van der Waals surface area (Å²) in [5.74, 6) is 0.162. The molecule has 0 radical (unpaired) electrons. The average Bonchev–Trinajstić information content (AvgIpc) is 1.61. The van der Waals surface area contributed by atoms with Crippen molar-refractivity contribution in [2.24, 2.45) is 5.92 Å². The number of hydrogen-bond acceptors (Lipinski definition) is 17. The molecule has 5 aromatic rings. The molecule has 7 aliphatic heterocycles. The van der Waals surface area contributed by atoms with Crippen LogP contribution in [0.1, 0.15) is 223 Å². The third-order valence-corrected chi connectivity index (χ3v) is 19.4. The molecule has 5 unspecified atom stereocenters. The van der Waals surface area contributed by atoms with Crippen molar-refractivity contribution in [2.75, 3.05) is 33.7 Å². The lowest BCUT2D eigenvalue weighted by Gasteiger charge is -2.32. The molecule has 9 amide bonds. The first-order valence-corrected chi connectivity index (χ1v) is 36.2. The van der Waals surface area contributed by atoms with Crippen LogP contribution in [0.2, 0.25) is 0 Å². The molecule has 3 aromatic heterocycles. The third kappa shape index (κ3) is 20.1. The summed E-state index contributed by atoms with van der Waals surface area (Å²) in [6, 6.07) is 18.5. The van der Waals surface area contributed by atoms with E-state index in [1.807, 2.05) is 72.8 Å². The molecule has 7 N–H and O–H groups in total. The van der Waals surface area contributed by atoms with Crippen LogP contribution in [0.15, 0.2) is 145 Å². The van der Waals surface area contributed by atoms with E-state index in [1.165, 1.54) is 17.3 Å².